The van der Waals surface area contributed by atoms with Crippen molar-refractivity contribution in [3.05, 3.63) is 84.4 Å². The van der Waals surface area contributed by atoms with Crippen molar-refractivity contribution in [1.29, 1.82) is 0 Å². The molecule has 41 heavy (non-hydrogen) atoms. The minimum atomic E-state index is -4.15. The maximum atomic E-state index is 14.1. The summed E-state index contributed by atoms with van der Waals surface area (Å²) in [4.78, 5) is 28.9. The summed E-state index contributed by atoms with van der Waals surface area (Å²) in [6.45, 7) is 5.85. The van der Waals surface area contributed by atoms with Crippen LogP contribution in [-0.4, -0.2) is 58.5 Å². The Bertz CT molecular complexity index is 1390. The number of ether oxygens (including phenoxy) is 2. The Balaban J connectivity index is 2.05. The largest absolute Gasteiger partial charge is 0.497 e. The fourth-order valence-electron chi connectivity index (χ4n) is 4.28. The minimum Gasteiger partial charge on any atom is -0.497 e. The molecule has 220 valence electrons. The highest BCUT2D eigenvalue weighted by Gasteiger charge is 2.33. The third kappa shape index (κ3) is 8.23. The van der Waals surface area contributed by atoms with Crippen LogP contribution in [0.4, 0.5) is 5.69 Å². The number of hydrogen-bond donors (Lipinski definition) is 1. The van der Waals surface area contributed by atoms with Crippen LogP contribution in [0.25, 0.3) is 0 Å². The van der Waals surface area contributed by atoms with Gasteiger partial charge in [-0.05, 0) is 54.3 Å². The number of carbonyl (C=O) groups is 2. The molecule has 3 aromatic rings. The molecular formula is C31H39N3O6S. The lowest BCUT2D eigenvalue weighted by Gasteiger charge is -2.33. The molecule has 1 atom stereocenters. The topological polar surface area (TPSA) is 105 Å². The standard InChI is InChI=1S/C31H39N3O6S/c1-6-29(31(36)32-20-23(2)3)33(21-24-15-17-26(39-4)18-16-24)30(35)22-34(25-11-10-12-27(19-25)40-5)41(37,38)28-13-8-7-9-14-28/h7-19,23,29H,6,20-22H2,1-5H3,(H,32,36). The maximum Gasteiger partial charge on any atom is 0.264 e. The van der Waals surface area contributed by atoms with Crippen molar-refractivity contribution in [2.75, 3.05) is 31.6 Å². The molecule has 0 aliphatic carbocycles. The van der Waals surface area contributed by atoms with E-state index in [0.29, 0.717) is 24.5 Å². The van der Waals surface area contributed by atoms with E-state index in [2.05, 4.69) is 5.32 Å². The molecule has 1 N–H and O–H groups in total. The van der Waals surface area contributed by atoms with Gasteiger partial charge in [0.1, 0.15) is 24.1 Å². The zero-order chi connectivity index (χ0) is 30.0. The number of nitrogens with one attached hydrogen (secondary N) is 1. The molecule has 10 heteroatoms. The van der Waals surface area contributed by atoms with Crippen LogP contribution in [0.5, 0.6) is 11.5 Å². The molecule has 0 fully saturated rings. The molecule has 0 aliphatic heterocycles. The number of sulfonamides is 1. The first-order chi connectivity index (χ1) is 19.6. The monoisotopic (exact) mass is 581 g/mol. The Morgan fingerprint density at radius 1 is 0.878 bits per heavy atom. The average molecular weight is 582 g/mol. The molecule has 9 nitrogen and oxygen atoms in total. The van der Waals surface area contributed by atoms with Gasteiger partial charge in [0, 0.05) is 19.2 Å². The number of rotatable bonds is 14. The minimum absolute atomic E-state index is 0.0408. The van der Waals surface area contributed by atoms with Crippen molar-refractivity contribution in [1.82, 2.24) is 10.2 Å². The van der Waals surface area contributed by atoms with Crippen LogP contribution in [0.15, 0.2) is 83.8 Å². The number of carbonyl (C=O) groups excluding carboxylic acids is 2. The Morgan fingerprint density at radius 3 is 2.12 bits per heavy atom. The molecule has 0 aromatic heterocycles. The summed E-state index contributed by atoms with van der Waals surface area (Å²) in [7, 11) is -1.10. The predicted molar refractivity (Wildman–Crippen MR) is 159 cm³/mol. The summed E-state index contributed by atoms with van der Waals surface area (Å²) in [5.74, 6) is 0.516. The van der Waals surface area contributed by atoms with Crippen molar-refractivity contribution in [3.63, 3.8) is 0 Å². The van der Waals surface area contributed by atoms with Crippen LogP contribution < -0.4 is 19.1 Å². The summed E-state index contributed by atoms with van der Waals surface area (Å²) >= 11 is 0. The van der Waals surface area contributed by atoms with Crippen LogP contribution in [0, 0.1) is 5.92 Å². The van der Waals surface area contributed by atoms with E-state index < -0.39 is 28.5 Å². The highest BCUT2D eigenvalue weighted by molar-refractivity contribution is 7.92. The molecule has 0 saturated heterocycles. The van der Waals surface area contributed by atoms with Crippen molar-refractivity contribution >= 4 is 27.5 Å². The zero-order valence-corrected chi connectivity index (χ0v) is 25.1. The molecule has 3 aromatic carbocycles. The summed E-state index contributed by atoms with van der Waals surface area (Å²) < 4.78 is 39.4. The summed E-state index contributed by atoms with van der Waals surface area (Å²) in [6, 6.07) is 20.8. The van der Waals surface area contributed by atoms with Crippen molar-refractivity contribution in [2.45, 2.75) is 44.7 Å². The SMILES string of the molecule is CCC(C(=O)NCC(C)C)N(Cc1ccc(OC)cc1)C(=O)CN(c1cccc(OC)c1)S(=O)(=O)c1ccccc1. The van der Waals surface area contributed by atoms with E-state index in [0.717, 1.165) is 9.87 Å². The lowest BCUT2D eigenvalue weighted by atomic mass is 10.1. The van der Waals surface area contributed by atoms with E-state index in [-0.39, 0.29) is 29.0 Å². The number of amides is 2. The third-order valence-electron chi connectivity index (χ3n) is 6.53. The molecule has 0 radical (unpaired) electrons. The van der Waals surface area contributed by atoms with Gasteiger partial charge in [-0.1, -0.05) is 57.2 Å². The second kappa shape index (κ2) is 14.5. The first kappa shape index (κ1) is 31.5. The van der Waals surface area contributed by atoms with Gasteiger partial charge in [-0.15, -0.1) is 0 Å². The number of nitrogens with zero attached hydrogens (tertiary/aromatic N) is 2. The lowest BCUT2D eigenvalue weighted by Crippen LogP contribution is -2.52. The Labute approximate surface area is 243 Å². The van der Waals surface area contributed by atoms with Crippen LogP contribution in [0.2, 0.25) is 0 Å². The molecule has 0 aliphatic rings. The van der Waals surface area contributed by atoms with Gasteiger partial charge in [0.15, 0.2) is 0 Å². The van der Waals surface area contributed by atoms with Crippen LogP contribution in [0.3, 0.4) is 0 Å². The summed E-state index contributed by atoms with van der Waals surface area (Å²) in [5, 5.41) is 2.93. The predicted octanol–water partition coefficient (Wildman–Crippen LogP) is 4.48. The number of anilines is 1. The molecule has 1 unspecified atom stereocenters. The van der Waals surface area contributed by atoms with Gasteiger partial charge in [-0.25, -0.2) is 8.42 Å². The van der Waals surface area contributed by atoms with E-state index >= 15 is 0 Å². The van der Waals surface area contributed by atoms with E-state index in [1.165, 1.54) is 24.1 Å². The van der Waals surface area contributed by atoms with Gasteiger partial charge in [-0.3, -0.25) is 13.9 Å². The fourth-order valence-corrected chi connectivity index (χ4v) is 5.71. The average Bonchev–Trinajstić information content (AvgIpc) is 2.99. The molecule has 0 saturated carbocycles. The van der Waals surface area contributed by atoms with E-state index in [1.54, 1.807) is 61.7 Å². The molecule has 0 heterocycles. The smallest absolute Gasteiger partial charge is 0.264 e. The fraction of sp³-hybridized carbons (Fsp3) is 0.355. The van der Waals surface area contributed by atoms with Gasteiger partial charge < -0.3 is 19.7 Å². The first-order valence-electron chi connectivity index (χ1n) is 13.5. The van der Waals surface area contributed by atoms with E-state index in [1.807, 2.05) is 32.9 Å². The third-order valence-corrected chi connectivity index (χ3v) is 8.32. The van der Waals surface area contributed by atoms with Gasteiger partial charge in [0.05, 0.1) is 24.8 Å². The molecule has 2 amide bonds. The van der Waals surface area contributed by atoms with Gasteiger partial charge >= 0.3 is 0 Å². The van der Waals surface area contributed by atoms with Gasteiger partial charge in [0.2, 0.25) is 11.8 Å². The second-order valence-corrected chi connectivity index (χ2v) is 11.8. The normalized spacial score (nSPS) is 12.0. The molecule has 0 bridgehead atoms. The highest BCUT2D eigenvalue weighted by atomic mass is 32.2. The van der Waals surface area contributed by atoms with E-state index in [9.17, 15) is 18.0 Å². The Morgan fingerprint density at radius 2 is 1.54 bits per heavy atom. The van der Waals surface area contributed by atoms with Crippen molar-refractivity contribution < 1.29 is 27.5 Å². The van der Waals surface area contributed by atoms with Crippen molar-refractivity contribution in [3.8, 4) is 11.5 Å². The van der Waals surface area contributed by atoms with Crippen LogP contribution in [0.1, 0.15) is 32.8 Å². The number of benzene rings is 3. The van der Waals surface area contributed by atoms with Crippen LogP contribution in [-0.2, 0) is 26.2 Å². The molecular weight excluding hydrogens is 542 g/mol. The maximum absolute atomic E-state index is 14.1. The molecule has 0 spiro atoms. The summed E-state index contributed by atoms with van der Waals surface area (Å²) in [5.41, 5.74) is 1.04. The second-order valence-electron chi connectivity index (χ2n) is 9.96. The van der Waals surface area contributed by atoms with E-state index in [4.69, 9.17) is 9.47 Å². The zero-order valence-electron chi connectivity index (χ0n) is 24.2. The number of methoxy groups -OCH3 is 2. The lowest BCUT2D eigenvalue weighted by molar-refractivity contribution is -0.140. The quantitative estimate of drug-likeness (QED) is 0.301. The first-order valence-corrected chi connectivity index (χ1v) is 15.0. The Hall–Kier alpha value is -4.05. The number of hydrogen-bond acceptors (Lipinski definition) is 6. The van der Waals surface area contributed by atoms with Crippen LogP contribution >= 0.6 is 0 Å². The van der Waals surface area contributed by atoms with Gasteiger partial charge in [0.25, 0.3) is 10.0 Å². The summed E-state index contributed by atoms with van der Waals surface area (Å²) in [6.07, 6.45) is 0.344. The van der Waals surface area contributed by atoms with Crippen molar-refractivity contribution in [2.24, 2.45) is 5.92 Å². The molecule has 3 rings (SSSR count). The Kier molecular flexibility index (Phi) is 11.2. The van der Waals surface area contributed by atoms with Gasteiger partial charge in [-0.2, -0.15) is 0 Å². The highest BCUT2D eigenvalue weighted by Crippen LogP contribution is 2.28.